The Balaban J connectivity index is 1.90. The molecule has 0 aromatic heterocycles. The molecule has 3 nitrogen and oxygen atoms in total. The van der Waals surface area contributed by atoms with Crippen molar-refractivity contribution in [3.05, 3.63) is 0 Å². The molecule has 0 aromatic carbocycles. The van der Waals surface area contributed by atoms with Crippen molar-refractivity contribution in [3.8, 4) is 0 Å². The van der Waals surface area contributed by atoms with Crippen LogP contribution in [0.2, 0.25) is 0 Å². The lowest BCUT2D eigenvalue weighted by Crippen LogP contribution is -2.49. The van der Waals surface area contributed by atoms with Gasteiger partial charge in [-0.2, -0.15) is 0 Å². The Kier molecular flexibility index (Phi) is 2.81. The number of hydrogen-bond acceptors (Lipinski definition) is 3. The van der Waals surface area contributed by atoms with Crippen LogP contribution >= 0.6 is 0 Å². The number of nitrogens with zero attached hydrogens (tertiary/aromatic N) is 1. The lowest BCUT2D eigenvalue weighted by Gasteiger charge is -2.38. The highest BCUT2D eigenvalue weighted by molar-refractivity contribution is 4.83. The molecular weight excluding hydrogens is 173 g/mol. The van der Waals surface area contributed by atoms with E-state index in [0.29, 0.717) is 19.8 Å². The Morgan fingerprint density at radius 1 is 1.31 bits per heavy atom. The summed E-state index contributed by atoms with van der Waals surface area (Å²) in [4.78, 5) is 2.08. The first-order valence-electron chi connectivity index (χ1n) is 4.91. The maximum absolute atomic E-state index is 12.1. The van der Waals surface area contributed by atoms with Crippen LogP contribution in [0, 0.1) is 0 Å². The average Bonchev–Trinajstić information content (AvgIpc) is 2.54. The lowest BCUT2D eigenvalue weighted by atomic mass is 10.0. The molecule has 0 N–H and O–H groups in total. The van der Waals surface area contributed by atoms with Gasteiger partial charge in [0.1, 0.15) is 6.67 Å². The first kappa shape index (κ1) is 9.37. The van der Waals surface area contributed by atoms with E-state index in [9.17, 15) is 4.39 Å². The minimum Gasteiger partial charge on any atom is -0.346 e. The molecule has 0 saturated carbocycles. The predicted molar refractivity (Wildman–Crippen MR) is 46.3 cm³/mol. The van der Waals surface area contributed by atoms with Gasteiger partial charge in [-0.3, -0.25) is 4.90 Å². The normalized spacial score (nSPS) is 28.4. The molecule has 2 aliphatic rings. The van der Waals surface area contributed by atoms with Crippen molar-refractivity contribution < 1.29 is 13.9 Å². The summed E-state index contributed by atoms with van der Waals surface area (Å²) >= 11 is 0. The first-order chi connectivity index (χ1) is 6.35. The molecular formula is C9H16FNO2. The summed E-state index contributed by atoms with van der Waals surface area (Å²) < 4.78 is 23.3. The predicted octanol–water partition coefficient (Wildman–Crippen LogP) is 0.795. The molecule has 2 rings (SSSR count). The van der Waals surface area contributed by atoms with Gasteiger partial charge in [0.15, 0.2) is 5.79 Å². The zero-order chi connectivity index (χ0) is 9.15. The topological polar surface area (TPSA) is 21.7 Å². The van der Waals surface area contributed by atoms with Gasteiger partial charge in [-0.1, -0.05) is 0 Å². The standard InChI is InChI=1S/C9H16FNO2/c10-3-5-11-4-1-2-9(8-11)12-6-7-13-9/h1-8H2. The van der Waals surface area contributed by atoms with Gasteiger partial charge in [-0.15, -0.1) is 0 Å². The molecule has 2 saturated heterocycles. The van der Waals surface area contributed by atoms with Gasteiger partial charge in [0.2, 0.25) is 0 Å². The molecule has 2 aliphatic heterocycles. The summed E-state index contributed by atoms with van der Waals surface area (Å²) in [5.74, 6) is -0.395. The van der Waals surface area contributed by atoms with E-state index in [0.717, 1.165) is 25.9 Å². The van der Waals surface area contributed by atoms with E-state index in [1.54, 1.807) is 0 Å². The second-order valence-electron chi connectivity index (χ2n) is 3.68. The van der Waals surface area contributed by atoms with Gasteiger partial charge < -0.3 is 9.47 Å². The van der Waals surface area contributed by atoms with Crippen LogP contribution in [-0.4, -0.2) is 50.2 Å². The summed E-state index contributed by atoms with van der Waals surface area (Å²) in [5.41, 5.74) is 0. The number of halogens is 1. The van der Waals surface area contributed by atoms with Crippen LogP contribution in [0.5, 0.6) is 0 Å². The van der Waals surface area contributed by atoms with Gasteiger partial charge in [0, 0.05) is 13.0 Å². The molecule has 4 heteroatoms. The van der Waals surface area contributed by atoms with Gasteiger partial charge in [0.25, 0.3) is 0 Å². The summed E-state index contributed by atoms with van der Waals surface area (Å²) in [7, 11) is 0. The lowest BCUT2D eigenvalue weighted by molar-refractivity contribution is -0.189. The Labute approximate surface area is 77.8 Å². The summed E-state index contributed by atoms with van der Waals surface area (Å²) in [6.07, 6.45) is 2.00. The number of alkyl halides is 1. The highest BCUT2D eigenvalue weighted by Gasteiger charge is 2.40. The van der Waals surface area contributed by atoms with Crippen LogP contribution in [0.15, 0.2) is 0 Å². The number of rotatable bonds is 2. The number of piperidine rings is 1. The van der Waals surface area contributed by atoms with Crippen LogP contribution in [0.4, 0.5) is 4.39 Å². The molecule has 0 aromatic rings. The van der Waals surface area contributed by atoms with E-state index >= 15 is 0 Å². The SMILES string of the molecule is FCCN1CCCC2(C1)OCCO2. The van der Waals surface area contributed by atoms with Crippen LogP contribution in [0.25, 0.3) is 0 Å². The molecule has 0 radical (unpaired) electrons. The van der Waals surface area contributed by atoms with Crippen LogP contribution in [0.3, 0.4) is 0 Å². The second kappa shape index (κ2) is 3.90. The number of likely N-dealkylation sites (tertiary alicyclic amines) is 1. The monoisotopic (exact) mass is 189 g/mol. The van der Waals surface area contributed by atoms with E-state index in [2.05, 4.69) is 4.90 Å². The Bertz CT molecular complexity index is 169. The van der Waals surface area contributed by atoms with E-state index < -0.39 is 5.79 Å². The van der Waals surface area contributed by atoms with E-state index in [1.165, 1.54) is 0 Å². The zero-order valence-corrected chi connectivity index (χ0v) is 7.80. The van der Waals surface area contributed by atoms with Crippen LogP contribution in [0.1, 0.15) is 12.8 Å². The fourth-order valence-electron chi connectivity index (χ4n) is 2.11. The highest BCUT2D eigenvalue weighted by Crippen LogP contribution is 2.29. The third kappa shape index (κ3) is 2.00. The van der Waals surface area contributed by atoms with Crippen molar-refractivity contribution in [1.29, 1.82) is 0 Å². The molecule has 0 aliphatic carbocycles. The summed E-state index contributed by atoms with van der Waals surface area (Å²) in [6.45, 7) is 3.30. The molecule has 76 valence electrons. The van der Waals surface area contributed by atoms with E-state index in [1.807, 2.05) is 0 Å². The largest absolute Gasteiger partial charge is 0.346 e. The Hall–Kier alpha value is -0.190. The third-order valence-electron chi connectivity index (χ3n) is 2.71. The molecule has 0 bridgehead atoms. The van der Waals surface area contributed by atoms with Crippen molar-refractivity contribution in [2.45, 2.75) is 18.6 Å². The minimum atomic E-state index is -0.395. The molecule has 2 fully saturated rings. The van der Waals surface area contributed by atoms with E-state index in [4.69, 9.17) is 9.47 Å². The van der Waals surface area contributed by atoms with Gasteiger partial charge in [0.05, 0.1) is 19.8 Å². The van der Waals surface area contributed by atoms with Crippen molar-refractivity contribution in [2.75, 3.05) is 39.5 Å². The maximum Gasteiger partial charge on any atom is 0.181 e. The highest BCUT2D eigenvalue weighted by atomic mass is 19.1. The van der Waals surface area contributed by atoms with Crippen molar-refractivity contribution in [1.82, 2.24) is 4.90 Å². The number of hydrogen-bond donors (Lipinski definition) is 0. The average molecular weight is 189 g/mol. The smallest absolute Gasteiger partial charge is 0.181 e. The van der Waals surface area contributed by atoms with Crippen LogP contribution in [-0.2, 0) is 9.47 Å². The van der Waals surface area contributed by atoms with Gasteiger partial charge >= 0.3 is 0 Å². The molecule has 13 heavy (non-hydrogen) atoms. The molecule has 2 heterocycles. The summed E-state index contributed by atoms with van der Waals surface area (Å²) in [5, 5.41) is 0. The molecule has 0 atom stereocenters. The Morgan fingerprint density at radius 2 is 2.08 bits per heavy atom. The second-order valence-corrected chi connectivity index (χ2v) is 3.68. The van der Waals surface area contributed by atoms with Crippen LogP contribution < -0.4 is 0 Å². The Morgan fingerprint density at radius 3 is 2.77 bits per heavy atom. The van der Waals surface area contributed by atoms with Crippen molar-refractivity contribution >= 4 is 0 Å². The van der Waals surface area contributed by atoms with Gasteiger partial charge in [-0.05, 0) is 13.0 Å². The zero-order valence-electron chi connectivity index (χ0n) is 7.80. The fourth-order valence-corrected chi connectivity index (χ4v) is 2.11. The minimum absolute atomic E-state index is 0.282. The quantitative estimate of drug-likeness (QED) is 0.641. The van der Waals surface area contributed by atoms with E-state index in [-0.39, 0.29) is 6.67 Å². The maximum atomic E-state index is 12.1. The van der Waals surface area contributed by atoms with Crippen molar-refractivity contribution in [3.63, 3.8) is 0 Å². The molecule has 0 unspecified atom stereocenters. The fraction of sp³-hybridized carbons (Fsp3) is 1.00. The molecule has 0 amide bonds. The first-order valence-corrected chi connectivity index (χ1v) is 4.91. The third-order valence-corrected chi connectivity index (χ3v) is 2.71. The molecule has 1 spiro atoms. The van der Waals surface area contributed by atoms with Gasteiger partial charge in [-0.25, -0.2) is 4.39 Å². The van der Waals surface area contributed by atoms with Crippen molar-refractivity contribution in [2.24, 2.45) is 0 Å². The summed E-state index contributed by atoms with van der Waals surface area (Å²) in [6, 6.07) is 0. The number of ether oxygens (including phenoxy) is 2.